The molecule has 0 saturated carbocycles. The summed E-state index contributed by atoms with van der Waals surface area (Å²) in [5, 5.41) is 0. The van der Waals surface area contributed by atoms with Crippen molar-refractivity contribution in [3.8, 4) is 0 Å². The van der Waals surface area contributed by atoms with Gasteiger partial charge in [0.05, 0.1) is 0 Å². The summed E-state index contributed by atoms with van der Waals surface area (Å²) in [5.41, 5.74) is 6.13. The predicted molar refractivity (Wildman–Crippen MR) is 101 cm³/mol. The molecule has 2 atom stereocenters. The van der Waals surface area contributed by atoms with Gasteiger partial charge in [0.15, 0.2) is 0 Å². The van der Waals surface area contributed by atoms with Gasteiger partial charge in [0.1, 0.15) is 0 Å². The average molecular weight is 312 g/mol. The maximum Gasteiger partial charge on any atom is 0.0214 e. The van der Waals surface area contributed by atoms with Crippen LogP contribution in [0.25, 0.3) is 0 Å². The molecular weight excluding hydrogens is 288 g/mol. The predicted octanol–water partition coefficient (Wildman–Crippen LogP) is 6.11. The Morgan fingerprint density at radius 1 is 0.792 bits per heavy atom. The molecular formula is C24H24. The van der Waals surface area contributed by atoms with E-state index in [0.29, 0.717) is 5.92 Å². The molecule has 0 N–H and O–H groups in total. The summed E-state index contributed by atoms with van der Waals surface area (Å²) in [7, 11) is 0. The molecule has 0 saturated heterocycles. The summed E-state index contributed by atoms with van der Waals surface area (Å²) in [6, 6.07) is 31.1. The zero-order chi connectivity index (χ0) is 16.4. The van der Waals surface area contributed by atoms with Crippen molar-refractivity contribution in [1.82, 2.24) is 0 Å². The van der Waals surface area contributed by atoms with Gasteiger partial charge in [-0.3, -0.25) is 0 Å². The number of benzene rings is 3. The Kier molecular flexibility index (Phi) is 3.98. The minimum atomic E-state index is 0.146. The molecule has 2 unspecified atom stereocenters. The molecule has 4 rings (SSSR count). The van der Waals surface area contributed by atoms with Crippen LogP contribution in [0.15, 0.2) is 84.9 Å². The summed E-state index contributed by atoms with van der Waals surface area (Å²) in [4.78, 5) is 0. The van der Waals surface area contributed by atoms with Gasteiger partial charge in [-0.25, -0.2) is 0 Å². The molecule has 0 spiro atoms. The molecule has 0 nitrogen and oxygen atoms in total. The minimum Gasteiger partial charge on any atom is -0.0622 e. The van der Waals surface area contributed by atoms with Crippen LogP contribution in [0.3, 0.4) is 0 Å². The number of rotatable bonds is 4. The fraction of sp³-hybridized carbons (Fsp3) is 0.250. The second-order valence-corrected chi connectivity index (χ2v) is 7.12. The van der Waals surface area contributed by atoms with Crippen molar-refractivity contribution in [2.75, 3.05) is 0 Å². The first-order valence-corrected chi connectivity index (χ1v) is 8.98. The molecule has 3 aromatic carbocycles. The molecule has 1 aliphatic carbocycles. The van der Waals surface area contributed by atoms with Crippen molar-refractivity contribution in [1.29, 1.82) is 0 Å². The highest BCUT2D eigenvalue weighted by Crippen LogP contribution is 2.49. The molecule has 3 aromatic rings. The van der Waals surface area contributed by atoms with Crippen LogP contribution < -0.4 is 0 Å². The fourth-order valence-electron chi connectivity index (χ4n) is 4.50. The number of hydrogen-bond donors (Lipinski definition) is 0. The molecule has 0 aromatic heterocycles. The monoisotopic (exact) mass is 312 g/mol. The molecule has 0 heteroatoms. The van der Waals surface area contributed by atoms with E-state index in [4.69, 9.17) is 0 Å². The lowest BCUT2D eigenvalue weighted by atomic mass is 9.69. The van der Waals surface area contributed by atoms with Crippen LogP contribution in [-0.4, -0.2) is 0 Å². The number of aryl methyl sites for hydroxylation is 1. The maximum absolute atomic E-state index is 2.38. The Morgan fingerprint density at radius 2 is 1.42 bits per heavy atom. The Morgan fingerprint density at radius 3 is 2.17 bits per heavy atom. The van der Waals surface area contributed by atoms with E-state index in [1.165, 1.54) is 29.5 Å². The van der Waals surface area contributed by atoms with E-state index in [1.54, 1.807) is 5.56 Å². The van der Waals surface area contributed by atoms with Gasteiger partial charge >= 0.3 is 0 Å². The molecule has 0 fully saturated rings. The van der Waals surface area contributed by atoms with Gasteiger partial charge in [0.2, 0.25) is 0 Å². The first-order valence-electron chi connectivity index (χ1n) is 8.98. The summed E-state index contributed by atoms with van der Waals surface area (Å²) >= 11 is 0. The van der Waals surface area contributed by atoms with Crippen LogP contribution in [0.1, 0.15) is 47.9 Å². The second kappa shape index (κ2) is 6.28. The van der Waals surface area contributed by atoms with Crippen LogP contribution in [-0.2, 0) is 11.8 Å². The van der Waals surface area contributed by atoms with Gasteiger partial charge in [0, 0.05) is 5.41 Å². The normalized spacial score (nSPS) is 20.5. The maximum atomic E-state index is 2.38. The molecule has 0 heterocycles. The summed E-state index contributed by atoms with van der Waals surface area (Å²) in [6.07, 6.45) is 3.57. The van der Waals surface area contributed by atoms with E-state index < -0.39 is 0 Å². The first kappa shape index (κ1) is 15.2. The number of fused-ring (bicyclic) bond motifs is 1. The van der Waals surface area contributed by atoms with Gasteiger partial charge in [-0.1, -0.05) is 91.9 Å². The van der Waals surface area contributed by atoms with Crippen LogP contribution in [0, 0.1) is 0 Å². The average Bonchev–Trinajstić information content (AvgIpc) is 3.03. The third kappa shape index (κ3) is 2.57. The Hall–Kier alpha value is -2.34. The van der Waals surface area contributed by atoms with Crippen LogP contribution in [0.4, 0.5) is 0 Å². The van der Waals surface area contributed by atoms with E-state index in [-0.39, 0.29) is 5.41 Å². The first-order chi connectivity index (χ1) is 11.8. The fourth-order valence-corrected chi connectivity index (χ4v) is 4.50. The van der Waals surface area contributed by atoms with E-state index in [0.717, 1.165) is 6.42 Å². The third-order valence-corrected chi connectivity index (χ3v) is 5.70. The van der Waals surface area contributed by atoms with Crippen molar-refractivity contribution in [3.05, 3.63) is 107 Å². The largest absolute Gasteiger partial charge is 0.0622 e. The highest BCUT2D eigenvalue weighted by Gasteiger charge is 2.40. The zero-order valence-corrected chi connectivity index (χ0v) is 14.3. The standard InChI is InChI=1S/C24H24/c1-19(20-10-4-2-5-11-20)18-24(22-13-6-3-7-14-22)17-16-21-12-8-9-15-23(21)24/h2-15,19H,16-18H2,1H3. The van der Waals surface area contributed by atoms with Gasteiger partial charge in [-0.05, 0) is 47.4 Å². The minimum absolute atomic E-state index is 0.146. The van der Waals surface area contributed by atoms with E-state index in [1.807, 2.05) is 0 Å². The molecule has 0 amide bonds. The quantitative estimate of drug-likeness (QED) is 0.545. The van der Waals surface area contributed by atoms with Crippen molar-refractivity contribution in [2.24, 2.45) is 0 Å². The highest BCUT2D eigenvalue weighted by atomic mass is 14.4. The van der Waals surface area contributed by atoms with Crippen molar-refractivity contribution >= 4 is 0 Å². The Bertz CT molecular complexity index is 804. The molecule has 0 aliphatic heterocycles. The van der Waals surface area contributed by atoms with Gasteiger partial charge < -0.3 is 0 Å². The zero-order valence-electron chi connectivity index (χ0n) is 14.3. The lowest BCUT2D eigenvalue weighted by Crippen LogP contribution is -2.27. The number of hydrogen-bond acceptors (Lipinski definition) is 0. The SMILES string of the molecule is CC(CC1(c2ccccc2)CCc2ccccc21)c1ccccc1. The molecule has 120 valence electrons. The third-order valence-electron chi connectivity index (χ3n) is 5.70. The van der Waals surface area contributed by atoms with Gasteiger partial charge in [0.25, 0.3) is 0 Å². The van der Waals surface area contributed by atoms with Crippen LogP contribution in [0.5, 0.6) is 0 Å². The Labute approximate surface area is 145 Å². The molecule has 0 radical (unpaired) electrons. The van der Waals surface area contributed by atoms with E-state index >= 15 is 0 Å². The molecule has 24 heavy (non-hydrogen) atoms. The second-order valence-electron chi connectivity index (χ2n) is 7.12. The van der Waals surface area contributed by atoms with Crippen molar-refractivity contribution in [2.45, 2.75) is 37.5 Å². The van der Waals surface area contributed by atoms with E-state index in [2.05, 4.69) is 91.9 Å². The lowest BCUT2D eigenvalue weighted by molar-refractivity contribution is 0.431. The lowest BCUT2D eigenvalue weighted by Gasteiger charge is -2.34. The van der Waals surface area contributed by atoms with Crippen LogP contribution >= 0.6 is 0 Å². The van der Waals surface area contributed by atoms with Crippen molar-refractivity contribution < 1.29 is 0 Å². The summed E-state index contributed by atoms with van der Waals surface area (Å²) < 4.78 is 0. The summed E-state index contributed by atoms with van der Waals surface area (Å²) in [5.74, 6) is 0.539. The topological polar surface area (TPSA) is 0 Å². The van der Waals surface area contributed by atoms with Crippen LogP contribution in [0.2, 0.25) is 0 Å². The summed E-state index contributed by atoms with van der Waals surface area (Å²) in [6.45, 7) is 2.38. The van der Waals surface area contributed by atoms with Gasteiger partial charge in [-0.15, -0.1) is 0 Å². The molecule has 1 aliphatic rings. The smallest absolute Gasteiger partial charge is 0.0214 e. The van der Waals surface area contributed by atoms with E-state index in [9.17, 15) is 0 Å². The molecule has 0 bridgehead atoms. The van der Waals surface area contributed by atoms with Gasteiger partial charge in [-0.2, -0.15) is 0 Å². The Balaban J connectivity index is 1.79. The highest BCUT2D eigenvalue weighted by molar-refractivity contribution is 5.48. The van der Waals surface area contributed by atoms with Crippen molar-refractivity contribution in [3.63, 3.8) is 0 Å².